The predicted molar refractivity (Wildman–Crippen MR) is 62.3 cm³/mol. The first kappa shape index (κ1) is 15.1. The first-order valence-corrected chi connectivity index (χ1v) is 5.76. The van der Waals surface area contributed by atoms with Crippen molar-refractivity contribution in [2.75, 3.05) is 33.0 Å². The van der Waals surface area contributed by atoms with Gasteiger partial charge in [0.2, 0.25) is 0 Å². The van der Waals surface area contributed by atoms with Crippen LogP contribution in [0, 0.1) is 0 Å². The first-order valence-electron chi connectivity index (χ1n) is 5.76. The van der Waals surface area contributed by atoms with E-state index in [0.29, 0.717) is 32.8 Å². The third-order valence-electron chi connectivity index (χ3n) is 1.86. The molecule has 0 heterocycles. The second-order valence-corrected chi connectivity index (χ2v) is 3.30. The molecule has 4 nitrogen and oxygen atoms in total. The van der Waals surface area contributed by atoms with E-state index in [2.05, 4.69) is 13.5 Å². The van der Waals surface area contributed by atoms with Gasteiger partial charge in [-0.05, 0) is 6.42 Å². The average molecular weight is 230 g/mol. The number of carbonyl (C=O) groups excluding carboxylic acids is 1. The number of rotatable bonds is 11. The van der Waals surface area contributed by atoms with Crippen LogP contribution in [0.2, 0.25) is 0 Å². The molecule has 0 saturated heterocycles. The highest BCUT2D eigenvalue weighted by Crippen LogP contribution is 1.89. The number of hydrogen-bond donors (Lipinski definition) is 0. The molecular weight excluding hydrogens is 208 g/mol. The van der Waals surface area contributed by atoms with Crippen molar-refractivity contribution >= 4 is 5.97 Å². The summed E-state index contributed by atoms with van der Waals surface area (Å²) >= 11 is 0. The normalized spacial score (nSPS) is 10.1. The molecule has 0 rings (SSSR count). The van der Waals surface area contributed by atoms with Gasteiger partial charge in [0.05, 0.1) is 19.8 Å². The van der Waals surface area contributed by atoms with Crippen LogP contribution in [0.5, 0.6) is 0 Å². The Hall–Kier alpha value is -0.870. The molecule has 0 amide bonds. The van der Waals surface area contributed by atoms with Crippen molar-refractivity contribution in [2.24, 2.45) is 0 Å². The van der Waals surface area contributed by atoms with E-state index in [-0.39, 0.29) is 5.97 Å². The zero-order valence-corrected chi connectivity index (χ0v) is 10.1. The Balaban J connectivity index is 2.98. The Morgan fingerprint density at radius 1 is 1.06 bits per heavy atom. The third kappa shape index (κ3) is 11.2. The molecule has 16 heavy (non-hydrogen) atoms. The van der Waals surface area contributed by atoms with Crippen LogP contribution < -0.4 is 0 Å². The fourth-order valence-electron chi connectivity index (χ4n) is 0.961. The fourth-order valence-corrected chi connectivity index (χ4v) is 0.961. The summed E-state index contributed by atoms with van der Waals surface area (Å²) in [6.07, 6.45) is 4.10. The van der Waals surface area contributed by atoms with Gasteiger partial charge in [-0.15, -0.1) is 0 Å². The zero-order valence-electron chi connectivity index (χ0n) is 10.1. The maximum Gasteiger partial charge on any atom is 0.330 e. The fraction of sp³-hybridized carbons (Fsp3) is 0.750. The van der Waals surface area contributed by atoms with Gasteiger partial charge in [-0.3, -0.25) is 0 Å². The SMILES string of the molecule is C=CC(=O)OCCCOCCOCCCC. The van der Waals surface area contributed by atoms with Crippen LogP contribution in [0.15, 0.2) is 12.7 Å². The van der Waals surface area contributed by atoms with Crippen LogP contribution in [-0.4, -0.2) is 39.0 Å². The molecule has 0 aromatic rings. The monoisotopic (exact) mass is 230 g/mol. The molecule has 0 radical (unpaired) electrons. The van der Waals surface area contributed by atoms with Crippen LogP contribution >= 0.6 is 0 Å². The summed E-state index contributed by atoms with van der Waals surface area (Å²) in [5, 5.41) is 0. The lowest BCUT2D eigenvalue weighted by Crippen LogP contribution is -2.09. The molecule has 0 aliphatic carbocycles. The van der Waals surface area contributed by atoms with Gasteiger partial charge in [-0.2, -0.15) is 0 Å². The predicted octanol–water partition coefficient (Wildman–Crippen LogP) is 1.94. The number of esters is 1. The van der Waals surface area contributed by atoms with E-state index in [9.17, 15) is 4.79 Å². The molecule has 0 N–H and O–H groups in total. The van der Waals surface area contributed by atoms with Gasteiger partial charge in [0.25, 0.3) is 0 Å². The molecule has 4 heteroatoms. The van der Waals surface area contributed by atoms with Gasteiger partial charge in [0.1, 0.15) is 0 Å². The van der Waals surface area contributed by atoms with E-state index in [1.165, 1.54) is 0 Å². The van der Waals surface area contributed by atoms with Gasteiger partial charge in [0, 0.05) is 25.7 Å². The molecule has 0 aliphatic heterocycles. The largest absolute Gasteiger partial charge is 0.462 e. The molecule has 0 atom stereocenters. The van der Waals surface area contributed by atoms with E-state index in [4.69, 9.17) is 14.2 Å². The Bertz CT molecular complexity index is 180. The van der Waals surface area contributed by atoms with Crippen molar-refractivity contribution < 1.29 is 19.0 Å². The van der Waals surface area contributed by atoms with Crippen molar-refractivity contribution in [2.45, 2.75) is 26.2 Å². The van der Waals surface area contributed by atoms with E-state index >= 15 is 0 Å². The molecule has 0 aromatic heterocycles. The molecule has 0 fully saturated rings. The summed E-state index contributed by atoms with van der Waals surface area (Å²) in [4.78, 5) is 10.6. The molecule has 0 unspecified atom stereocenters. The highest BCUT2D eigenvalue weighted by molar-refractivity contribution is 5.81. The summed E-state index contributed by atoms with van der Waals surface area (Å²) in [6.45, 7) is 8.42. The van der Waals surface area contributed by atoms with Crippen LogP contribution in [0.3, 0.4) is 0 Å². The first-order chi connectivity index (χ1) is 7.81. The highest BCUT2D eigenvalue weighted by Gasteiger charge is 1.95. The van der Waals surface area contributed by atoms with Gasteiger partial charge in [-0.25, -0.2) is 4.79 Å². The van der Waals surface area contributed by atoms with Gasteiger partial charge >= 0.3 is 5.97 Å². The summed E-state index contributed by atoms with van der Waals surface area (Å²) in [5.41, 5.74) is 0. The molecule has 0 spiro atoms. The summed E-state index contributed by atoms with van der Waals surface area (Å²) in [5.74, 6) is -0.386. The summed E-state index contributed by atoms with van der Waals surface area (Å²) in [7, 11) is 0. The van der Waals surface area contributed by atoms with Crippen LogP contribution in [-0.2, 0) is 19.0 Å². The standard InChI is InChI=1S/C12H22O4/c1-3-5-7-14-10-11-15-8-6-9-16-12(13)4-2/h4H,2-3,5-11H2,1H3. The highest BCUT2D eigenvalue weighted by atomic mass is 16.5. The molecule has 0 bridgehead atoms. The van der Waals surface area contributed by atoms with Crippen molar-refractivity contribution in [3.8, 4) is 0 Å². The zero-order chi connectivity index (χ0) is 12.1. The Labute approximate surface area is 97.6 Å². The van der Waals surface area contributed by atoms with Crippen molar-refractivity contribution in [1.82, 2.24) is 0 Å². The minimum atomic E-state index is -0.386. The lowest BCUT2D eigenvalue weighted by molar-refractivity contribution is -0.138. The summed E-state index contributed by atoms with van der Waals surface area (Å²) in [6, 6.07) is 0. The Morgan fingerprint density at radius 2 is 1.69 bits per heavy atom. The Kier molecular flexibility index (Phi) is 11.5. The average Bonchev–Trinajstić information content (AvgIpc) is 2.31. The van der Waals surface area contributed by atoms with Crippen LogP contribution in [0.1, 0.15) is 26.2 Å². The molecular formula is C12H22O4. The van der Waals surface area contributed by atoms with Gasteiger partial charge in [0.15, 0.2) is 0 Å². The number of unbranched alkanes of at least 4 members (excludes halogenated alkanes) is 1. The number of hydrogen-bond acceptors (Lipinski definition) is 4. The lowest BCUT2D eigenvalue weighted by atomic mass is 10.4. The topological polar surface area (TPSA) is 44.8 Å². The second kappa shape index (κ2) is 12.2. The van der Waals surface area contributed by atoms with Gasteiger partial charge < -0.3 is 14.2 Å². The molecule has 0 saturated carbocycles. The van der Waals surface area contributed by atoms with Crippen molar-refractivity contribution in [3.05, 3.63) is 12.7 Å². The second-order valence-electron chi connectivity index (χ2n) is 3.30. The minimum Gasteiger partial charge on any atom is -0.462 e. The van der Waals surface area contributed by atoms with E-state index in [1.54, 1.807) is 0 Å². The smallest absolute Gasteiger partial charge is 0.330 e. The summed E-state index contributed by atoms with van der Waals surface area (Å²) < 4.78 is 15.4. The van der Waals surface area contributed by atoms with E-state index < -0.39 is 0 Å². The van der Waals surface area contributed by atoms with Crippen molar-refractivity contribution in [3.63, 3.8) is 0 Å². The molecule has 94 valence electrons. The molecule has 0 aliphatic rings. The maximum atomic E-state index is 10.6. The quantitative estimate of drug-likeness (QED) is 0.309. The number of carbonyl (C=O) groups is 1. The Morgan fingerprint density at radius 3 is 2.25 bits per heavy atom. The molecule has 0 aromatic carbocycles. The number of ether oxygens (including phenoxy) is 3. The lowest BCUT2D eigenvalue weighted by Gasteiger charge is -2.05. The minimum absolute atomic E-state index is 0.377. The van der Waals surface area contributed by atoms with E-state index in [0.717, 1.165) is 25.5 Å². The van der Waals surface area contributed by atoms with Gasteiger partial charge in [-0.1, -0.05) is 19.9 Å². The van der Waals surface area contributed by atoms with E-state index in [1.807, 2.05) is 0 Å². The van der Waals surface area contributed by atoms with Crippen molar-refractivity contribution in [1.29, 1.82) is 0 Å². The van der Waals surface area contributed by atoms with Crippen LogP contribution in [0.4, 0.5) is 0 Å². The maximum absolute atomic E-state index is 10.6. The van der Waals surface area contributed by atoms with Crippen LogP contribution in [0.25, 0.3) is 0 Å². The third-order valence-corrected chi connectivity index (χ3v) is 1.86.